The van der Waals surface area contributed by atoms with E-state index in [-0.39, 0.29) is 11.9 Å². The number of rotatable bonds is 3. The van der Waals surface area contributed by atoms with Crippen molar-refractivity contribution < 1.29 is 4.39 Å². The van der Waals surface area contributed by atoms with Gasteiger partial charge in [-0.3, -0.25) is 0 Å². The van der Waals surface area contributed by atoms with Crippen LogP contribution in [-0.4, -0.2) is 4.57 Å². The number of hydrogen-bond donors (Lipinski definition) is 0. The summed E-state index contributed by atoms with van der Waals surface area (Å²) in [6, 6.07) is 27.6. The smallest absolute Gasteiger partial charge is 0.147 e. The molecule has 0 aliphatic rings. The Morgan fingerprint density at radius 2 is 1.26 bits per heavy atom. The Morgan fingerprint density at radius 1 is 0.652 bits per heavy atom. The van der Waals surface area contributed by atoms with Gasteiger partial charge in [0, 0.05) is 11.6 Å². The minimum atomic E-state index is -0.190. The maximum absolute atomic E-state index is 14.5. The molecule has 4 aromatic rings. The first-order chi connectivity index (χ1) is 11.3. The molecule has 0 N–H and O–H groups in total. The summed E-state index contributed by atoms with van der Waals surface area (Å²) < 4.78 is 16.5. The van der Waals surface area contributed by atoms with Crippen molar-refractivity contribution in [2.75, 3.05) is 0 Å². The van der Waals surface area contributed by atoms with E-state index in [2.05, 4.69) is 24.3 Å². The van der Waals surface area contributed by atoms with E-state index in [0.29, 0.717) is 5.52 Å². The first-order valence-electron chi connectivity index (χ1n) is 7.69. The zero-order valence-electron chi connectivity index (χ0n) is 12.6. The van der Waals surface area contributed by atoms with Crippen LogP contribution >= 0.6 is 0 Å². The van der Waals surface area contributed by atoms with Crippen LogP contribution in [0.5, 0.6) is 0 Å². The monoisotopic (exact) mass is 301 g/mol. The predicted octanol–water partition coefficient (Wildman–Crippen LogP) is 5.42. The SMILES string of the molecule is Fc1cccc2ccn(C(c3ccccc3)c3ccccc3)c12. The van der Waals surface area contributed by atoms with Crippen LogP contribution in [0.2, 0.25) is 0 Å². The van der Waals surface area contributed by atoms with E-state index in [9.17, 15) is 4.39 Å². The van der Waals surface area contributed by atoms with Crippen molar-refractivity contribution in [3.63, 3.8) is 0 Å². The van der Waals surface area contributed by atoms with E-state index in [4.69, 9.17) is 0 Å². The molecule has 0 spiro atoms. The van der Waals surface area contributed by atoms with Gasteiger partial charge < -0.3 is 4.57 Å². The second-order valence-corrected chi connectivity index (χ2v) is 5.62. The van der Waals surface area contributed by atoms with Crippen molar-refractivity contribution >= 4 is 10.9 Å². The van der Waals surface area contributed by atoms with Gasteiger partial charge in [0.05, 0.1) is 11.6 Å². The summed E-state index contributed by atoms with van der Waals surface area (Å²) in [7, 11) is 0. The third-order valence-corrected chi connectivity index (χ3v) is 4.20. The average Bonchev–Trinajstić information content (AvgIpc) is 3.02. The van der Waals surface area contributed by atoms with Gasteiger partial charge in [0.2, 0.25) is 0 Å². The maximum Gasteiger partial charge on any atom is 0.147 e. The van der Waals surface area contributed by atoms with Gasteiger partial charge in [-0.1, -0.05) is 72.8 Å². The summed E-state index contributed by atoms with van der Waals surface area (Å²) in [6.07, 6.45) is 1.97. The number of para-hydroxylation sites is 1. The number of benzene rings is 3. The largest absolute Gasteiger partial charge is 0.333 e. The first kappa shape index (κ1) is 13.8. The molecule has 0 saturated carbocycles. The van der Waals surface area contributed by atoms with Crippen LogP contribution in [0.1, 0.15) is 17.2 Å². The summed E-state index contributed by atoms with van der Waals surface area (Å²) in [6.45, 7) is 0. The molecule has 23 heavy (non-hydrogen) atoms. The highest BCUT2D eigenvalue weighted by Crippen LogP contribution is 2.31. The molecular weight excluding hydrogens is 285 g/mol. The molecule has 1 nitrogen and oxygen atoms in total. The van der Waals surface area contributed by atoms with Crippen LogP contribution < -0.4 is 0 Å². The number of aromatic nitrogens is 1. The van der Waals surface area contributed by atoms with Crippen molar-refractivity contribution in [3.8, 4) is 0 Å². The fraction of sp³-hybridized carbons (Fsp3) is 0.0476. The van der Waals surface area contributed by atoms with Crippen LogP contribution in [0.15, 0.2) is 91.1 Å². The second-order valence-electron chi connectivity index (χ2n) is 5.62. The molecule has 3 aromatic carbocycles. The Balaban J connectivity index is 1.98. The minimum absolute atomic E-state index is 0.0493. The van der Waals surface area contributed by atoms with Gasteiger partial charge in [-0.15, -0.1) is 0 Å². The van der Waals surface area contributed by atoms with E-state index in [1.54, 1.807) is 6.07 Å². The van der Waals surface area contributed by atoms with Crippen LogP contribution in [0.3, 0.4) is 0 Å². The topological polar surface area (TPSA) is 4.93 Å². The van der Waals surface area contributed by atoms with E-state index in [0.717, 1.165) is 16.5 Å². The molecule has 0 unspecified atom stereocenters. The summed E-state index contributed by atoms with van der Waals surface area (Å²) in [5.41, 5.74) is 2.92. The van der Waals surface area contributed by atoms with Crippen molar-refractivity contribution in [2.24, 2.45) is 0 Å². The van der Waals surface area contributed by atoms with Crippen molar-refractivity contribution in [1.29, 1.82) is 0 Å². The molecule has 0 aliphatic heterocycles. The highest BCUT2D eigenvalue weighted by Gasteiger charge is 2.19. The summed E-state index contributed by atoms with van der Waals surface area (Å²) in [4.78, 5) is 0. The lowest BCUT2D eigenvalue weighted by molar-refractivity contribution is 0.617. The molecule has 0 fully saturated rings. The zero-order chi connectivity index (χ0) is 15.6. The normalized spacial score (nSPS) is 11.2. The molecule has 1 aromatic heterocycles. The van der Waals surface area contributed by atoms with Gasteiger partial charge in [0.1, 0.15) is 5.82 Å². The molecule has 112 valence electrons. The summed E-state index contributed by atoms with van der Waals surface area (Å²) >= 11 is 0. The van der Waals surface area contributed by atoms with Gasteiger partial charge in [0.25, 0.3) is 0 Å². The maximum atomic E-state index is 14.5. The lowest BCUT2D eigenvalue weighted by Gasteiger charge is -2.21. The van der Waals surface area contributed by atoms with Crippen LogP contribution in [0.4, 0.5) is 4.39 Å². The first-order valence-corrected chi connectivity index (χ1v) is 7.69. The van der Waals surface area contributed by atoms with E-state index < -0.39 is 0 Å². The van der Waals surface area contributed by atoms with Crippen molar-refractivity contribution in [1.82, 2.24) is 4.57 Å². The average molecular weight is 301 g/mol. The quantitative estimate of drug-likeness (QED) is 0.476. The fourth-order valence-electron chi connectivity index (χ4n) is 3.17. The Bertz CT molecular complexity index is 886. The standard InChI is InChI=1S/C21H16FN/c22-19-13-7-12-18-14-15-23(21(18)19)20(16-8-3-1-4-9-16)17-10-5-2-6-11-17/h1-15,20H. The summed E-state index contributed by atoms with van der Waals surface area (Å²) in [5, 5.41) is 0.918. The lowest BCUT2D eigenvalue weighted by Crippen LogP contribution is -2.11. The number of nitrogens with zero attached hydrogens (tertiary/aromatic N) is 1. The van der Waals surface area contributed by atoms with Crippen LogP contribution in [0, 0.1) is 5.82 Å². The van der Waals surface area contributed by atoms with Gasteiger partial charge in [-0.25, -0.2) is 4.39 Å². The Morgan fingerprint density at radius 3 is 1.87 bits per heavy atom. The fourth-order valence-corrected chi connectivity index (χ4v) is 3.17. The molecule has 0 radical (unpaired) electrons. The molecular formula is C21H16FN. The highest BCUT2D eigenvalue weighted by atomic mass is 19.1. The van der Waals surface area contributed by atoms with E-state index in [1.165, 1.54) is 6.07 Å². The molecule has 0 saturated heterocycles. The second kappa shape index (κ2) is 5.73. The van der Waals surface area contributed by atoms with Crippen LogP contribution in [0.25, 0.3) is 10.9 Å². The van der Waals surface area contributed by atoms with Gasteiger partial charge in [0.15, 0.2) is 0 Å². The molecule has 0 bridgehead atoms. The molecule has 0 atom stereocenters. The Labute approximate surface area is 134 Å². The molecule has 0 amide bonds. The predicted molar refractivity (Wildman–Crippen MR) is 92.0 cm³/mol. The molecule has 4 rings (SSSR count). The number of fused-ring (bicyclic) bond motifs is 1. The van der Waals surface area contributed by atoms with Gasteiger partial charge >= 0.3 is 0 Å². The van der Waals surface area contributed by atoms with Crippen molar-refractivity contribution in [3.05, 3.63) is 108 Å². The summed E-state index contributed by atoms with van der Waals surface area (Å²) in [5.74, 6) is -0.190. The lowest BCUT2D eigenvalue weighted by atomic mass is 9.98. The Hall–Kier alpha value is -2.87. The third-order valence-electron chi connectivity index (χ3n) is 4.20. The third kappa shape index (κ3) is 2.42. The molecule has 0 aliphatic carbocycles. The minimum Gasteiger partial charge on any atom is -0.333 e. The van der Waals surface area contributed by atoms with Crippen molar-refractivity contribution in [2.45, 2.75) is 6.04 Å². The van der Waals surface area contributed by atoms with E-state index in [1.807, 2.05) is 59.3 Å². The van der Waals surface area contributed by atoms with E-state index >= 15 is 0 Å². The highest BCUT2D eigenvalue weighted by molar-refractivity contribution is 5.81. The van der Waals surface area contributed by atoms with Gasteiger partial charge in [-0.2, -0.15) is 0 Å². The van der Waals surface area contributed by atoms with Crippen LogP contribution in [-0.2, 0) is 0 Å². The Kier molecular flexibility index (Phi) is 3.43. The number of halogens is 1. The zero-order valence-corrected chi connectivity index (χ0v) is 12.6. The van der Waals surface area contributed by atoms with Gasteiger partial charge in [-0.05, 0) is 23.3 Å². The number of hydrogen-bond acceptors (Lipinski definition) is 0. The molecule has 2 heteroatoms. The molecule has 1 heterocycles.